The molecule has 0 aromatic rings. The second-order valence-electron chi connectivity index (χ2n) is 3.65. The van der Waals surface area contributed by atoms with Gasteiger partial charge in [0.05, 0.1) is 0 Å². The summed E-state index contributed by atoms with van der Waals surface area (Å²) in [5.41, 5.74) is 0. The van der Waals surface area contributed by atoms with Crippen molar-refractivity contribution >= 4 is 5.97 Å². The highest BCUT2D eigenvalue weighted by molar-refractivity contribution is 5.81. The number of carbonyl (C=O) groups excluding carboxylic acids is 1. The van der Waals surface area contributed by atoms with Crippen molar-refractivity contribution in [1.82, 2.24) is 0 Å². The van der Waals surface area contributed by atoms with Crippen LogP contribution < -0.4 is 0 Å². The molecule has 0 radical (unpaired) electrons. The van der Waals surface area contributed by atoms with Crippen LogP contribution in [-0.2, 0) is 52.2 Å². The van der Waals surface area contributed by atoms with Crippen molar-refractivity contribution in [3.05, 3.63) is 12.7 Å². The number of rotatable bonds is 19. The Hall–Kier alpha value is -1.15. The van der Waals surface area contributed by atoms with Crippen molar-refractivity contribution in [1.29, 1.82) is 0 Å². The fourth-order valence-electron chi connectivity index (χ4n) is 0.927. The van der Waals surface area contributed by atoms with E-state index in [-0.39, 0.29) is 61.1 Å². The quantitative estimate of drug-likeness (QED) is 0.136. The summed E-state index contributed by atoms with van der Waals surface area (Å²) in [5.74, 6) is -0.574. The number of ether oxygens (including phenoxy) is 10. The molecule has 0 bridgehead atoms. The molecule has 0 aliphatic heterocycles. The second kappa shape index (κ2) is 19.9. The van der Waals surface area contributed by atoms with Crippen LogP contribution in [0.2, 0.25) is 0 Å². The summed E-state index contributed by atoms with van der Waals surface area (Å²) in [6.07, 6.45) is 1.03. The van der Waals surface area contributed by atoms with E-state index in [4.69, 9.17) is 37.9 Å². The highest BCUT2D eigenvalue weighted by atomic mass is 16.8. The van der Waals surface area contributed by atoms with E-state index in [1.54, 1.807) is 0 Å². The van der Waals surface area contributed by atoms with Gasteiger partial charge >= 0.3 is 5.97 Å². The Balaban J connectivity index is 3.00. The predicted molar refractivity (Wildman–Crippen MR) is 75.8 cm³/mol. The van der Waals surface area contributed by atoms with Crippen LogP contribution >= 0.6 is 0 Å². The van der Waals surface area contributed by atoms with Crippen LogP contribution in [0.25, 0.3) is 0 Å². The Labute approximate surface area is 140 Å². The van der Waals surface area contributed by atoms with Crippen molar-refractivity contribution in [3.8, 4) is 0 Å². The van der Waals surface area contributed by atoms with Gasteiger partial charge in [-0.25, -0.2) is 4.79 Å². The fraction of sp³-hybridized carbons (Fsp3) is 0.769. The average Bonchev–Trinajstić information content (AvgIpc) is 2.60. The van der Waals surface area contributed by atoms with Gasteiger partial charge in [0.25, 0.3) is 0 Å². The lowest BCUT2D eigenvalue weighted by molar-refractivity contribution is -0.228. The molecule has 0 N–H and O–H groups in total. The lowest BCUT2D eigenvalue weighted by Crippen LogP contribution is -2.12. The summed E-state index contributed by atoms with van der Waals surface area (Å²) >= 11 is 0. The van der Waals surface area contributed by atoms with Gasteiger partial charge < -0.3 is 47.4 Å². The molecule has 11 heteroatoms. The molecule has 11 nitrogen and oxygen atoms in total. The molecule has 0 spiro atoms. The summed E-state index contributed by atoms with van der Waals surface area (Å²) in [4.78, 5) is 10.6. The summed E-state index contributed by atoms with van der Waals surface area (Å²) in [7, 11) is 1.51. The SMILES string of the molecule is C=CC(=O)OCOCOCOCOCOCOCOCOCOC. The molecule has 0 aromatic carbocycles. The van der Waals surface area contributed by atoms with Gasteiger partial charge in [-0.3, -0.25) is 0 Å². The van der Waals surface area contributed by atoms with Crippen LogP contribution in [-0.4, -0.2) is 74.2 Å². The molecule has 0 rings (SSSR count). The van der Waals surface area contributed by atoms with Crippen LogP contribution in [0.15, 0.2) is 12.7 Å². The molecule has 0 atom stereocenters. The smallest absolute Gasteiger partial charge is 0.332 e. The van der Waals surface area contributed by atoms with Gasteiger partial charge in [0.2, 0.25) is 0 Å². The number of hydrogen-bond acceptors (Lipinski definition) is 11. The summed E-state index contributed by atoms with van der Waals surface area (Å²) in [5, 5.41) is 0. The summed E-state index contributed by atoms with van der Waals surface area (Å²) in [6.45, 7) is 3.05. The normalized spacial score (nSPS) is 10.7. The van der Waals surface area contributed by atoms with Gasteiger partial charge in [0, 0.05) is 13.2 Å². The van der Waals surface area contributed by atoms with E-state index in [1.165, 1.54) is 7.11 Å². The van der Waals surface area contributed by atoms with E-state index >= 15 is 0 Å². The molecule has 0 saturated carbocycles. The highest BCUT2D eigenvalue weighted by Gasteiger charge is 1.95. The van der Waals surface area contributed by atoms with Crippen molar-refractivity contribution in [2.75, 3.05) is 68.2 Å². The molecule has 0 heterocycles. The largest absolute Gasteiger partial charge is 0.435 e. The molecule has 0 amide bonds. The van der Waals surface area contributed by atoms with E-state index in [1.807, 2.05) is 0 Å². The zero-order valence-electron chi connectivity index (χ0n) is 13.6. The van der Waals surface area contributed by atoms with Gasteiger partial charge in [-0.1, -0.05) is 6.58 Å². The number of esters is 1. The average molecular weight is 356 g/mol. The van der Waals surface area contributed by atoms with Crippen LogP contribution in [0.1, 0.15) is 0 Å². The predicted octanol–water partition coefficient (Wildman–Crippen LogP) is 0.112. The lowest BCUT2D eigenvalue weighted by atomic mass is 10.7. The first-order valence-electron chi connectivity index (χ1n) is 6.71. The van der Waals surface area contributed by atoms with Gasteiger partial charge in [-0.05, 0) is 0 Å². The molecule has 142 valence electrons. The van der Waals surface area contributed by atoms with Crippen LogP contribution in [0.4, 0.5) is 0 Å². The van der Waals surface area contributed by atoms with Gasteiger partial charge in [-0.15, -0.1) is 0 Å². The number of methoxy groups -OCH3 is 1. The minimum Gasteiger partial charge on any atom is -0.435 e. The van der Waals surface area contributed by atoms with E-state index < -0.39 is 5.97 Å². The van der Waals surface area contributed by atoms with Crippen LogP contribution in [0.3, 0.4) is 0 Å². The van der Waals surface area contributed by atoms with Crippen LogP contribution in [0.5, 0.6) is 0 Å². The van der Waals surface area contributed by atoms with Gasteiger partial charge in [0.15, 0.2) is 54.3 Å². The maximum Gasteiger partial charge on any atom is 0.332 e. The molecule has 24 heavy (non-hydrogen) atoms. The van der Waals surface area contributed by atoms with E-state index in [0.717, 1.165) is 6.08 Å². The first kappa shape index (κ1) is 22.9. The molecule has 0 aliphatic carbocycles. The maximum absolute atomic E-state index is 10.6. The minimum absolute atomic E-state index is 0.00194. The standard InChI is InChI=1S/C13H24O11/c1-3-13(14)24-12-23-11-22-10-21-9-20-8-19-7-18-6-17-5-16-4-15-2/h3H,1,4-12H2,2H3. The second-order valence-corrected chi connectivity index (χ2v) is 3.65. The monoisotopic (exact) mass is 356 g/mol. The topological polar surface area (TPSA) is 109 Å². The Morgan fingerprint density at radius 3 is 1.33 bits per heavy atom. The van der Waals surface area contributed by atoms with Crippen molar-refractivity contribution in [3.63, 3.8) is 0 Å². The van der Waals surface area contributed by atoms with Crippen LogP contribution in [0, 0.1) is 0 Å². The third kappa shape index (κ3) is 18.9. The molecule has 0 aliphatic rings. The summed E-state index contributed by atoms with van der Waals surface area (Å²) < 4.78 is 48.5. The molecular formula is C13H24O11. The van der Waals surface area contributed by atoms with Gasteiger partial charge in [0.1, 0.15) is 6.79 Å². The molecule has 0 unspecified atom stereocenters. The summed E-state index contributed by atoms with van der Waals surface area (Å²) in [6, 6.07) is 0. The Bertz CT molecular complexity index is 287. The minimum atomic E-state index is -0.574. The molecule has 0 fully saturated rings. The first-order valence-corrected chi connectivity index (χ1v) is 6.71. The molecule has 0 saturated heterocycles. The number of hydrogen-bond donors (Lipinski definition) is 0. The van der Waals surface area contributed by atoms with Gasteiger partial charge in [-0.2, -0.15) is 0 Å². The number of carbonyl (C=O) groups is 1. The third-order valence-corrected chi connectivity index (χ3v) is 1.82. The lowest BCUT2D eigenvalue weighted by Gasteiger charge is -2.08. The first-order chi connectivity index (χ1) is 11.8. The van der Waals surface area contributed by atoms with E-state index in [9.17, 15) is 4.79 Å². The third-order valence-electron chi connectivity index (χ3n) is 1.82. The molecular weight excluding hydrogens is 332 g/mol. The Kier molecular flexibility index (Phi) is 18.9. The van der Waals surface area contributed by atoms with Crippen molar-refractivity contribution in [2.45, 2.75) is 0 Å². The maximum atomic E-state index is 10.6. The van der Waals surface area contributed by atoms with E-state index in [2.05, 4.69) is 16.1 Å². The zero-order chi connectivity index (χ0) is 17.7. The Morgan fingerprint density at radius 2 is 1.00 bits per heavy atom. The Morgan fingerprint density at radius 1 is 0.667 bits per heavy atom. The van der Waals surface area contributed by atoms with Crippen molar-refractivity contribution in [2.24, 2.45) is 0 Å². The van der Waals surface area contributed by atoms with Crippen molar-refractivity contribution < 1.29 is 52.2 Å². The highest BCUT2D eigenvalue weighted by Crippen LogP contribution is 1.87. The molecule has 0 aromatic heterocycles. The van der Waals surface area contributed by atoms with E-state index in [0.29, 0.717) is 0 Å². The fourth-order valence-corrected chi connectivity index (χ4v) is 0.927. The zero-order valence-corrected chi connectivity index (χ0v) is 13.6.